The van der Waals surface area contributed by atoms with Crippen LogP contribution >= 0.6 is 0 Å². The molecule has 0 bridgehead atoms. The van der Waals surface area contributed by atoms with Crippen molar-refractivity contribution in [3.05, 3.63) is 35.6 Å². The van der Waals surface area contributed by atoms with Crippen molar-refractivity contribution in [3.8, 4) is 0 Å². The van der Waals surface area contributed by atoms with Crippen LogP contribution in [0, 0.1) is 11.7 Å². The van der Waals surface area contributed by atoms with Gasteiger partial charge in [-0.25, -0.2) is 4.39 Å². The lowest BCUT2D eigenvalue weighted by atomic mass is 9.58. The highest BCUT2D eigenvalue weighted by molar-refractivity contribution is 5.28. The first-order chi connectivity index (χ1) is 10.2. The Morgan fingerprint density at radius 1 is 0.952 bits per heavy atom. The van der Waals surface area contributed by atoms with Crippen LogP contribution in [0.5, 0.6) is 0 Å². The van der Waals surface area contributed by atoms with Crippen LogP contribution in [0.15, 0.2) is 24.3 Å². The summed E-state index contributed by atoms with van der Waals surface area (Å²) in [5, 5.41) is 0. The third kappa shape index (κ3) is 3.01. The zero-order valence-corrected chi connectivity index (χ0v) is 13.1. The summed E-state index contributed by atoms with van der Waals surface area (Å²) in [5.74, 6) is 0.627. The summed E-state index contributed by atoms with van der Waals surface area (Å²) in [4.78, 5) is 0. The predicted octanol–water partition coefficient (Wildman–Crippen LogP) is 5.23. The summed E-state index contributed by atoms with van der Waals surface area (Å²) in [6, 6.07) is 7.38. The molecule has 1 aromatic carbocycles. The van der Waals surface area contributed by atoms with Gasteiger partial charge in [0.1, 0.15) is 5.82 Å². The van der Waals surface area contributed by atoms with Crippen molar-refractivity contribution in [1.82, 2.24) is 0 Å². The van der Waals surface area contributed by atoms with Gasteiger partial charge < -0.3 is 4.74 Å². The number of halogens is 1. The Balaban J connectivity index is 1.85. The maximum absolute atomic E-state index is 13.3. The number of benzene rings is 1. The van der Waals surface area contributed by atoms with E-state index in [0.29, 0.717) is 11.5 Å². The second-order valence-corrected chi connectivity index (χ2v) is 6.93. The topological polar surface area (TPSA) is 9.23 Å². The largest absolute Gasteiger partial charge is 0.381 e. The van der Waals surface area contributed by atoms with E-state index in [1.165, 1.54) is 63.4 Å². The fourth-order valence-corrected chi connectivity index (χ4v) is 4.75. The van der Waals surface area contributed by atoms with E-state index < -0.39 is 0 Å². The van der Waals surface area contributed by atoms with E-state index in [1.807, 2.05) is 19.2 Å². The summed E-state index contributed by atoms with van der Waals surface area (Å²) in [7, 11) is 1.83. The lowest BCUT2D eigenvalue weighted by molar-refractivity contribution is 0.0328. The number of rotatable bonds is 3. The fraction of sp³-hybridized carbons (Fsp3) is 0.684. The predicted molar refractivity (Wildman–Crippen MR) is 83.9 cm³/mol. The molecule has 2 heteroatoms. The normalized spacial score (nSPS) is 29.2. The lowest BCUT2D eigenvalue weighted by Crippen LogP contribution is -2.40. The summed E-state index contributed by atoms with van der Waals surface area (Å²) in [6.45, 7) is 0. The van der Waals surface area contributed by atoms with Crippen molar-refractivity contribution in [3.63, 3.8) is 0 Å². The van der Waals surface area contributed by atoms with Crippen molar-refractivity contribution in [2.45, 2.75) is 69.3 Å². The Kier molecular flexibility index (Phi) is 4.63. The number of hydrogen-bond acceptors (Lipinski definition) is 1. The van der Waals surface area contributed by atoms with Crippen molar-refractivity contribution in [1.29, 1.82) is 0 Å². The van der Waals surface area contributed by atoms with E-state index in [0.717, 1.165) is 5.92 Å². The van der Waals surface area contributed by atoms with Crippen LogP contribution in [0.25, 0.3) is 0 Å². The Morgan fingerprint density at radius 2 is 1.57 bits per heavy atom. The molecule has 0 heterocycles. The van der Waals surface area contributed by atoms with Gasteiger partial charge in [-0.2, -0.15) is 0 Å². The van der Waals surface area contributed by atoms with E-state index in [1.54, 1.807) is 12.1 Å². The maximum Gasteiger partial charge on any atom is 0.123 e. The smallest absolute Gasteiger partial charge is 0.123 e. The minimum absolute atomic E-state index is 0.118. The summed E-state index contributed by atoms with van der Waals surface area (Å²) in [6.07, 6.45) is 11.9. The highest BCUT2D eigenvalue weighted by atomic mass is 19.1. The molecule has 0 radical (unpaired) electrons. The molecule has 3 rings (SSSR count). The van der Waals surface area contributed by atoms with Crippen LogP contribution in [-0.4, -0.2) is 13.2 Å². The van der Waals surface area contributed by atoms with Crippen LogP contribution in [0.4, 0.5) is 4.39 Å². The Morgan fingerprint density at radius 3 is 2.14 bits per heavy atom. The standard InChI is InChI=1S/C19H27FO/c1-21-18-11-7-16(8-12-18)19(13-3-2-4-14-19)15-5-9-17(20)10-6-15/h5-6,9-10,16,18H,2-4,7-8,11-14H2,1H3. The summed E-state index contributed by atoms with van der Waals surface area (Å²) in [5.41, 5.74) is 1.68. The van der Waals surface area contributed by atoms with Gasteiger partial charge in [-0.1, -0.05) is 31.4 Å². The maximum atomic E-state index is 13.3. The highest BCUT2D eigenvalue weighted by Crippen LogP contribution is 2.50. The molecule has 116 valence electrons. The molecule has 0 atom stereocenters. The first-order valence-corrected chi connectivity index (χ1v) is 8.53. The molecule has 0 aliphatic heterocycles. The lowest BCUT2D eigenvalue weighted by Gasteiger charge is -2.47. The number of ether oxygens (including phenoxy) is 1. The molecule has 0 amide bonds. The average Bonchev–Trinajstić information content (AvgIpc) is 2.56. The van der Waals surface area contributed by atoms with Gasteiger partial charge in [-0.05, 0) is 67.6 Å². The van der Waals surface area contributed by atoms with Crippen LogP contribution in [0.2, 0.25) is 0 Å². The molecule has 21 heavy (non-hydrogen) atoms. The van der Waals surface area contributed by atoms with E-state index >= 15 is 0 Å². The molecule has 2 aliphatic carbocycles. The van der Waals surface area contributed by atoms with Crippen LogP contribution in [0.1, 0.15) is 63.4 Å². The second-order valence-electron chi connectivity index (χ2n) is 6.93. The summed E-state index contributed by atoms with van der Waals surface area (Å²) >= 11 is 0. The van der Waals surface area contributed by atoms with E-state index in [2.05, 4.69) is 0 Å². The third-order valence-corrected chi connectivity index (χ3v) is 5.95. The van der Waals surface area contributed by atoms with E-state index in [9.17, 15) is 4.39 Å². The third-order valence-electron chi connectivity index (χ3n) is 5.95. The average molecular weight is 290 g/mol. The molecule has 2 saturated carbocycles. The van der Waals surface area contributed by atoms with Gasteiger partial charge in [-0.3, -0.25) is 0 Å². The molecular formula is C19H27FO. The fourth-order valence-electron chi connectivity index (χ4n) is 4.75. The first kappa shape index (κ1) is 15.0. The molecule has 2 fully saturated rings. The molecule has 1 nitrogen and oxygen atoms in total. The van der Waals surface area contributed by atoms with E-state index in [4.69, 9.17) is 4.74 Å². The Labute approximate surface area is 127 Å². The molecule has 2 aliphatic rings. The van der Waals surface area contributed by atoms with Gasteiger partial charge in [0.2, 0.25) is 0 Å². The van der Waals surface area contributed by atoms with Gasteiger partial charge in [-0.15, -0.1) is 0 Å². The van der Waals surface area contributed by atoms with Gasteiger partial charge in [0.15, 0.2) is 0 Å². The Hall–Kier alpha value is -0.890. The quantitative estimate of drug-likeness (QED) is 0.740. The molecule has 0 aromatic heterocycles. The van der Waals surface area contributed by atoms with Crippen molar-refractivity contribution in [2.24, 2.45) is 5.92 Å². The van der Waals surface area contributed by atoms with Gasteiger partial charge >= 0.3 is 0 Å². The Bertz CT molecular complexity index is 439. The zero-order valence-electron chi connectivity index (χ0n) is 13.1. The number of methoxy groups -OCH3 is 1. The monoisotopic (exact) mass is 290 g/mol. The molecule has 0 unspecified atom stereocenters. The van der Waals surface area contributed by atoms with Crippen molar-refractivity contribution < 1.29 is 9.13 Å². The second kappa shape index (κ2) is 6.48. The van der Waals surface area contributed by atoms with E-state index in [-0.39, 0.29) is 5.82 Å². The number of hydrogen-bond donors (Lipinski definition) is 0. The molecule has 0 N–H and O–H groups in total. The molecule has 0 saturated heterocycles. The van der Waals surface area contributed by atoms with Gasteiger partial charge in [0, 0.05) is 7.11 Å². The molecular weight excluding hydrogens is 263 g/mol. The van der Waals surface area contributed by atoms with Crippen molar-refractivity contribution in [2.75, 3.05) is 7.11 Å². The van der Waals surface area contributed by atoms with Crippen LogP contribution < -0.4 is 0 Å². The molecule has 0 spiro atoms. The SMILES string of the molecule is COC1CCC(C2(c3ccc(F)cc3)CCCCC2)CC1. The minimum atomic E-state index is -0.118. The molecule has 1 aromatic rings. The van der Waals surface area contributed by atoms with Crippen LogP contribution in [-0.2, 0) is 10.2 Å². The zero-order chi connectivity index (χ0) is 14.7. The summed E-state index contributed by atoms with van der Waals surface area (Å²) < 4.78 is 18.8. The van der Waals surface area contributed by atoms with Gasteiger partial charge in [0.25, 0.3) is 0 Å². The minimum Gasteiger partial charge on any atom is -0.381 e. The first-order valence-electron chi connectivity index (χ1n) is 8.53. The van der Waals surface area contributed by atoms with Crippen LogP contribution in [0.3, 0.4) is 0 Å². The van der Waals surface area contributed by atoms with Crippen molar-refractivity contribution >= 4 is 0 Å². The van der Waals surface area contributed by atoms with Gasteiger partial charge in [0.05, 0.1) is 6.10 Å². The highest BCUT2D eigenvalue weighted by Gasteiger charge is 2.42.